The molecule has 0 radical (unpaired) electrons. The predicted molar refractivity (Wildman–Crippen MR) is 114 cm³/mol. The molecule has 7 heteroatoms. The van der Waals surface area contributed by atoms with Crippen LogP contribution in [0.2, 0.25) is 0 Å². The van der Waals surface area contributed by atoms with Crippen molar-refractivity contribution in [1.29, 1.82) is 0 Å². The van der Waals surface area contributed by atoms with Gasteiger partial charge >= 0.3 is 17.9 Å². The number of methoxy groups -OCH3 is 1. The molecule has 31 heavy (non-hydrogen) atoms. The molecule has 0 saturated carbocycles. The van der Waals surface area contributed by atoms with Gasteiger partial charge in [-0.3, -0.25) is 14.4 Å². The smallest absolute Gasteiger partial charge is 0.320 e. The number of nitrogen functional groups attached to an aromatic ring is 1. The summed E-state index contributed by atoms with van der Waals surface area (Å²) < 4.78 is 15.3. The Labute approximate surface area is 181 Å². The minimum atomic E-state index is -1.04. The second-order valence-electron chi connectivity index (χ2n) is 7.46. The highest BCUT2D eigenvalue weighted by molar-refractivity contribution is 5.95. The Balaban J connectivity index is 1.68. The highest BCUT2D eigenvalue weighted by Gasteiger charge is 2.30. The number of carbonyl (C=O) groups excluding carboxylic acids is 3. The number of carbonyl (C=O) groups is 3. The number of hydrogen-bond donors (Lipinski definition) is 1. The molecule has 1 aliphatic rings. The number of rotatable bonds is 7. The first-order chi connectivity index (χ1) is 14.9. The number of hydrogen-bond acceptors (Lipinski definition) is 7. The monoisotopic (exact) mass is 425 g/mol. The van der Waals surface area contributed by atoms with Crippen LogP contribution < -0.4 is 10.5 Å². The van der Waals surface area contributed by atoms with Gasteiger partial charge in [0.25, 0.3) is 0 Å². The van der Waals surface area contributed by atoms with Crippen molar-refractivity contribution in [1.82, 2.24) is 0 Å². The third kappa shape index (κ3) is 5.23. The van der Waals surface area contributed by atoms with Crippen LogP contribution in [0.15, 0.2) is 42.5 Å². The molecule has 1 aliphatic carbocycles. The van der Waals surface area contributed by atoms with Crippen LogP contribution in [-0.4, -0.2) is 31.6 Å². The minimum Gasteiger partial charge on any atom is -0.468 e. The fourth-order valence-corrected chi connectivity index (χ4v) is 3.89. The minimum absolute atomic E-state index is 0.134. The number of ether oxygens (including phenoxy) is 3. The van der Waals surface area contributed by atoms with E-state index in [0.29, 0.717) is 17.9 Å². The Hall–Kier alpha value is -3.35. The van der Waals surface area contributed by atoms with Gasteiger partial charge in [0.15, 0.2) is 5.92 Å². The number of anilines is 1. The molecule has 0 bridgehead atoms. The molecule has 0 fully saturated rings. The summed E-state index contributed by atoms with van der Waals surface area (Å²) in [7, 11) is 1.23. The molecular formula is C24H27NO6. The van der Waals surface area contributed by atoms with Crippen molar-refractivity contribution >= 4 is 23.6 Å². The van der Waals surface area contributed by atoms with Crippen LogP contribution in [0.25, 0.3) is 0 Å². The van der Waals surface area contributed by atoms with Gasteiger partial charge in [-0.05, 0) is 67.5 Å². The van der Waals surface area contributed by atoms with Crippen molar-refractivity contribution in [2.24, 2.45) is 5.92 Å². The number of benzene rings is 2. The average Bonchev–Trinajstić information content (AvgIpc) is 2.78. The SMILES string of the molecule is CCOC(=O)C(Cc1ccc(OC(=O)C2CCCc3c(N)cccc32)cc1)C(=O)OC. The zero-order valence-corrected chi connectivity index (χ0v) is 17.8. The topological polar surface area (TPSA) is 105 Å². The summed E-state index contributed by atoms with van der Waals surface area (Å²) in [5, 5.41) is 0. The molecule has 0 amide bonds. The fraction of sp³-hybridized carbons (Fsp3) is 0.375. The summed E-state index contributed by atoms with van der Waals surface area (Å²) in [4.78, 5) is 36.8. The summed E-state index contributed by atoms with van der Waals surface area (Å²) in [5.41, 5.74) is 9.46. The quantitative estimate of drug-likeness (QED) is 0.314. The maximum absolute atomic E-state index is 12.8. The van der Waals surface area contributed by atoms with E-state index >= 15 is 0 Å². The first-order valence-electron chi connectivity index (χ1n) is 10.4. The van der Waals surface area contributed by atoms with Crippen LogP contribution in [0, 0.1) is 5.92 Å². The zero-order valence-electron chi connectivity index (χ0n) is 17.8. The van der Waals surface area contributed by atoms with Gasteiger partial charge in [-0.15, -0.1) is 0 Å². The summed E-state index contributed by atoms with van der Waals surface area (Å²) in [6.45, 7) is 1.85. The molecule has 0 aliphatic heterocycles. The van der Waals surface area contributed by atoms with Gasteiger partial charge in [-0.2, -0.15) is 0 Å². The van der Waals surface area contributed by atoms with E-state index < -0.39 is 17.9 Å². The summed E-state index contributed by atoms with van der Waals surface area (Å²) in [6, 6.07) is 12.4. The van der Waals surface area contributed by atoms with Crippen molar-refractivity contribution in [3.05, 3.63) is 59.2 Å². The van der Waals surface area contributed by atoms with Gasteiger partial charge in [0, 0.05) is 5.69 Å². The maximum Gasteiger partial charge on any atom is 0.320 e. The van der Waals surface area contributed by atoms with E-state index in [2.05, 4.69) is 0 Å². The van der Waals surface area contributed by atoms with E-state index in [1.165, 1.54) is 7.11 Å². The van der Waals surface area contributed by atoms with Crippen molar-refractivity contribution in [3.8, 4) is 5.75 Å². The van der Waals surface area contributed by atoms with Crippen LogP contribution in [0.3, 0.4) is 0 Å². The lowest BCUT2D eigenvalue weighted by atomic mass is 9.82. The van der Waals surface area contributed by atoms with Crippen molar-refractivity contribution in [2.75, 3.05) is 19.5 Å². The second kappa shape index (κ2) is 10.1. The molecule has 0 aromatic heterocycles. The average molecular weight is 425 g/mol. The second-order valence-corrected chi connectivity index (χ2v) is 7.46. The molecule has 0 saturated heterocycles. The molecule has 0 spiro atoms. The van der Waals surface area contributed by atoms with Crippen LogP contribution in [-0.2, 0) is 36.7 Å². The molecule has 2 aromatic rings. The third-order valence-electron chi connectivity index (χ3n) is 5.47. The summed E-state index contributed by atoms with van der Waals surface area (Å²) in [6.07, 6.45) is 2.59. The van der Waals surface area contributed by atoms with Crippen LogP contribution in [0.5, 0.6) is 5.75 Å². The van der Waals surface area contributed by atoms with Gasteiger partial charge in [0.1, 0.15) is 5.75 Å². The van der Waals surface area contributed by atoms with E-state index in [4.69, 9.17) is 19.9 Å². The lowest BCUT2D eigenvalue weighted by molar-refractivity contribution is -0.160. The third-order valence-corrected chi connectivity index (χ3v) is 5.47. The van der Waals surface area contributed by atoms with Crippen LogP contribution >= 0.6 is 0 Å². The molecule has 2 atom stereocenters. The highest BCUT2D eigenvalue weighted by atomic mass is 16.5. The summed E-state index contributed by atoms with van der Waals surface area (Å²) in [5.74, 6) is -2.58. The Kier molecular flexibility index (Phi) is 7.28. The normalized spacial score (nSPS) is 16.0. The van der Waals surface area contributed by atoms with E-state index in [1.807, 2.05) is 18.2 Å². The molecule has 2 aromatic carbocycles. The Morgan fingerprint density at radius 2 is 1.84 bits per heavy atom. The molecule has 0 heterocycles. The highest BCUT2D eigenvalue weighted by Crippen LogP contribution is 2.35. The summed E-state index contributed by atoms with van der Waals surface area (Å²) >= 11 is 0. The Morgan fingerprint density at radius 1 is 1.10 bits per heavy atom. The molecule has 2 unspecified atom stereocenters. The van der Waals surface area contributed by atoms with Gasteiger partial charge in [0.05, 0.1) is 19.6 Å². The first kappa shape index (κ1) is 22.3. The van der Waals surface area contributed by atoms with Crippen LogP contribution in [0.4, 0.5) is 5.69 Å². The predicted octanol–water partition coefficient (Wildman–Crippen LogP) is 3.19. The molecule has 7 nitrogen and oxygen atoms in total. The van der Waals surface area contributed by atoms with Gasteiger partial charge in [0.2, 0.25) is 0 Å². The van der Waals surface area contributed by atoms with Gasteiger partial charge in [-0.1, -0.05) is 24.3 Å². The fourth-order valence-electron chi connectivity index (χ4n) is 3.89. The molecule has 164 valence electrons. The largest absolute Gasteiger partial charge is 0.468 e. The zero-order chi connectivity index (χ0) is 22.4. The van der Waals surface area contributed by atoms with Gasteiger partial charge in [-0.25, -0.2) is 0 Å². The van der Waals surface area contributed by atoms with Crippen molar-refractivity contribution in [2.45, 2.75) is 38.5 Å². The Bertz CT molecular complexity index is 953. The lowest BCUT2D eigenvalue weighted by Gasteiger charge is -2.25. The van der Waals surface area contributed by atoms with E-state index in [9.17, 15) is 14.4 Å². The lowest BCUT2D eigenvalue weighted by Crippen LogP contribution is -2.29. The molecular weight excluding hydrogens is 398 g/mol. The number of nitrogens with two attached hydrogens (primary N) is 1. The standard InChI is InChI=1S/C24H27NO6/c1-3-30-23(27)20(22(26)29-2)14-15-10-12-16(13-11-15)31-24(28)19-8-4-7-18-17(19)6-5-9-21(18)25/h5-6,9-13,19-20H,3-4,7-8,14,25H2,1-2H3. The van der Waals surface area contributed by atoms with Crippen LogP contribution in [0.1, 0.15) is 42.4 Å². The number of esters is 3. The van der Waals surface area contributed by atoms with Crippen molar-refractivity contribution in [3.63, 3.8) is 0 Å². The molecule has 2 N–H and O–H groups in total. The van der Waals surface area contributed by atoms with E-state index in [1.54, 1.807) is 31.2 Å². The first-order valence-corrected chi connectivity index (χ1v) is 10.4. The number of fused-ring (bicyclic) bond motifs is 1. The maximum atomic E-state index is 12.8. The van der Waals surface area contributed by atoms with E-state index in [-0.39, 0.29) is 24.9 Å². The van der Waals surface area contributed by atoms with Gasteiger partial charge < -0.3 is 19.9 Å². The Morgan fingerprint density at radius 3 is 2.52 bits per heavy atom. The molecule has 3 rings (SSSR count). The van der Waals surface area contributed by atoms with Crippen molar-refractivity contribution < 1.29 is 28.6 Å². The van der Waals surface area contributed by atoms with E-state index in [0.717, 1.165) is 29.5 Å².